The van der Waals surface area contributed by atoms with E-state index in [0.717, 1.165) is 18.4 Å². The number of benzene rings is 1. The molecule has 1 fully saturated rings. The quantitative estimate of drug-likeness (QED) is 0.785. The van der Waals surface area contributed by atoms with E-state index in [0.29, 0.717) is 19.1 Å². The van der Waals surface area contributed by atoms with E-state index in [4.69, 9.17) is 9.88 Å². The van der Waals surface area contributed by atoms with Crippen LogP contribution in [0.4, 0.5) is 0 Å². The molecule has 1 aliphatic rings. The molecule has 2 N–H and O–H groups in total. The van der Waals surface area contributed by atoms with E-state index >= 15 is 0 Å². The van der Waals surface area contributed by atoms with E-state index in [-0.39, 0.29) is 10.6 Å². The Balaban J connectivity index is 1.79. The number of esters is 1. The highest BCUT2D eigenvalue weighted by atomic mass is 32.2. The zero-order valence-electron chi connectivity index (χ0n) is 14.6. The Hall–Kier alpha value is -2.12. The van der Waals surface area contributed by atoms with Crippen molar-refractivity contribution in [1.82, 2.24) is 4.57 Å². The maximum absolute atomic E-state index is 12.6. The van der Waals surface area contributed by atoms with Gasteiger partial charge in [-0.15, -0.1) is 0 Å². The van der Waals surface area contributed by atoms with Gasteiger partial charge in [0.05, 0.1) is 6.61 Å². The lowest BCUT2D eigenvalue weighted by Crippen LogP contribution is -2.19. The molecule has 1 aromatic carbocycles. The van der Waals surface area contributed by atoms with Crippen LogP contribution >= 0.6 is 0 Å². The van der Waals surface area contributed by atoms with Crippen LogP contribution in [0.2, 0.25) is 0 Å². The molecule has 0 aliphatic heterocycles. The molecule has 1 aromatic heterocycles. The molecule has 0 bridgehead atoms. The first-order chi connectivity index (χ1) is 12.4. The zero-order valence-corrected chi connectivity index (χ0v) is 15.5. The molecule has 1 saturated carbocycles. The predicted octanol–water partition coefficient (Wildman–Crippen LogP) is 2.92. The molecule has 0 radical (unpaired) electrons. The summed E-state index contributed by atoms with van der Waals surface area (Å²) in [6, 6.07) is 10.8. The molecule has 0 spiro atoms. The summed E-state index contributed by atoms with van der Waals surface area (Å²) in [6.45, 7) is 0.740. The first kappa shape index (κ1) is 18.7. The second-order valence-electron chi connectivity index (χ2n) is 6.82. The van der Waals surface area contributed by atoms with E-state index in [9.17, 15) is 13.2 Å². The fraction of sp³-hybridized carbons (Fsp3) is 0.421. The number of ether oxygens (including phenoxy) is 1. The third-order valence-electron chi connectivity index (χ3n) is 4.78. The van der Waals surface area contributed by atoms with Gasteiger partial charge in [0.15, 0.2) is 0 Å². The number of aromatic nitrogens is 1. The van der Waals surface area contributed by atoms with Gasteiger partial charge in [-0.05, 0) is 30.4 Å². The molecular formula is C19H24N2O4S. The Morgan fingerprint density at radius 3 is 2.50 bits per heavy atom. The fourth-order valence-corrected chi connectivity index (χ4v) is 3.89. The van der Waals surface area contributed by atoms with E-state index in [2.05, 4.69) is 0 Å². The first-order valence-corrected chi connectivity index (χ1v) is 10.4. The summed E-state index contributed by atoms with van der Waals surface area (Å²) < 4.78 is 30.4. The minimum Gasteiger partial charge on any atom is -0.461 e. The summed E-state index contributed by atoms with van der Waals surface area (Å²) in [4.78, 5) is 12.5. The van der Waals surface area contributed by atoms with Crippen LogP contribution in [0.15, 0.2) is 47.5 Å². The number of nitrogens with zero attached hydrogens (tertiary/aromatic N) is 1. The van der Waals surface area contributed by atoms with E-state index in [1.165, 1.54) is 31.5 Å². The maximum Gasteiger partial charge on any atom is 0.355 e. The van der Waals surface area contributed by atoms with Crippen LogP contribution in [-0.4, -0.2) is 25.6 Å². The van der Waals surface area contributed by atoms with Crippen LogP contribution in [0.25, 0.3) is 0 Å². The van der Waals surface area contributed by atoms with Gasteiger partial charge in [-0.25, -0.2) is 18.4 Å². The normalized spacial score (nSPS) is 15.7. The molecule has 0 amide bonds. The smallest absolute Gasteiger partial charge is 0.355 e. The number of nitrogens with two attached hydrogens (primary N) is 1. The van der Waals surface area contributed by atoms with Crippen LogP contribution in [0.5, 0.6) is 0 Å². The van der Waals surface area contributed by atoms with E-state index < -0.39 is 16.0 Å². The fourth-order valence-electron chi connectivity index (χ4n) is 3.34. The van der Waals surface area contributed by atoms with Crippen LogP contribution in [0, 0.1) is 5.92 Å². The SMILES string of the molecule is NS(=O)(=O)c1cc(C(=O)OCC2CCCCC2)n(Cc2ccccc2)c1. The minimum absolute atomic E-state index is 0.0851. The highest BCUT2D eigenvalue weighted by Gasteiger charge is 2.22. The lowest BCUT2D eigenvalue weighted by molar-refractivity contribution is 0.0398. The molecule has 0 atom stereocenters. The third-order valence-corrected chi connectivity index (χ3v) is 5.66. The van der Waals surface area contributed by atoms with Gasteiger partial charge in [0.25, 0.3) is 0 Å². The van der Waals surface area contributed by atoms with Crippen molar-refractivity contribution >= 4 is 16.0 Å². The standard InChI is InChI=1S/C19H24N2O4S/c20-26(23,24)17-11-18(19(22)25-14-16-9-5-2-6-10-16)21(13-17)12-15-7-3-1-4-8-15/h1,3-4,7-8,11,13,16H,2,5-6,9-10,12,14H2,(H2,20,23,24). The minimum atomic E-state index is -3.89. The maximum atomic E-state index is 12.6. The average Bonchev–Trinajstić information content (AvgIpc) is 3.06. The summed E-state index contributed by atoms with van der Waals surface area (Å²) >= 11 is 0. The number of rotatable bonds is 6. The van der Waals surface area contributed by atoms with Gasteiger partial charge < -0.3 is 9.30 Å². The van der Waals surface area contributed by atoms with Crippen molar-refractivity contribution in [2.75, 3.05) is 6.61 Å². The monoisotopic (exact) mass is 376 g/mol. The molecule has 140 valence electrons. The molecule has 26 heavy (non-hydrogen) atoms. The van der Waals surface area contributed by atoms with Gasteiger partial charge in [0.2, 0.25) is 10.0 Å². The van der Waals surface area contributed by atoms with Crippen molar-refractivity contribution in [2.45, 2.75) is 43.5 Å². The molecule has 1 aliphatic carbocycles. The Morgan fingerprint density at radius 2 is 1.85 bits per heavy atom. The number of hydrogen-bond acceptors (Lipinski definition) is 4. The van der Waals surface area contributed by atoms with Crippen molar-refractivity contribution in [3.63, 3.8) is 0 Å². The van der Waals surface area contributed by atoms with Crippen molar-refractivity contribution in [3.05, 3.63) is 53.9 Å². The number of carbonyl (C=O) groups is 1. The number of carbonyl (C=O) groups excluding carboxylic acids is 1. The molecular weight excluding hydrogens is 352 g/mol. The van der Waals surface area contributed by atoms with Gasteiger partial charge in [-0.3, -0.25) is 0 Å². The van der Waals surface area contributed by atoms with Crippen molar-refractivity contribution in [1.29, 1.82) is 0 Å². The van der Waals surface area contributed by atoms with Gasteiger partial charge in [0, 0.05) is 12.7 Å². The Labute approximate surface area is 154 Å². The Morgan fingerprint density at radius 1 is 1.15 bits per heavy atom. The molecule has 0 saturated heterocycles. The molecule has 3 rings (SSSR count). The zero-order chi connectivity index (χ0) is 18.6. The Kier molecular flexibility index (Phi) is 5.78. The van der Waals surface area contributed by atoms with Gasteiger partial charge in [0.1, 0.15) is 10.6 Å². The van der Waals surface area contributed by atoms with Crippen LogP contribution in [-0.2, 0) is 21.3 Å². The summed E-state index contributed by atoms with van der Waals surface area (Å²) in [5, 5.41) is 5.23. The third kappa shape index (κ3) is 4.74. The second kappa shape index (κ2) is 8.05. The first-order valence-electron chi connectivity index (χ1n) is 8.87. The Bertz CT molecular complexity index is 853. The van der Waals surface area contributed by atoms with E-state index in [1.807, 2.05) is 30.3 Å². The predicted molar refractivity (Wildman–Crippen MR) is 98.2 cm³/mol. The molecule has 1 heterocycles. The van der Waals surface area contributed by atoms with Gasteiger partial charge in [-0.1, -0.05) is 49.6 Å². The average molecular weight is 376 g/mol. The van der Waals surface area contributed by atoms with Crippen LogP contribution in [0.1, 0.15) is 48.2 Å². The van der Waals surface area contributed by atoms with Crippen LogP contribution < -0.4 is 5.14 Å². The summed E-state index contributed by atoms with van der Waals surface area (Å²) in [5.41, 5.74) is 1.15. The summed E-state index contributed by atoms with van der Waals surface area (Å²) in [6.07, 6.45) is 7.10. The molecule has 2 aromatic rings. The molecule has 0 unspecified atom stereocenters. The van der Waals surface area contributed by atoms with Gasteiger partial charge >= 0.3 is 5.97 Å². The van der Waals surface area contributed by atoms with Crippen molar-refractivity contribution in [2.24, 2.45) is 11.1 Å². The highest BCUT2D eigenvalue weighted by Crippen LogP contribution is 2.24. The molecule has 6 nitrogen and oxygen atoms in total. The van der Waals surface area contributed by atoms with Crippen molar-refractivity contribution in [3.8, 4) is 0 Å². The lowest BCUT2D eigenvalue weighted by atomic mass is 9.90. The molecule has 7 heteroatoms. The highest BCUT2D eigenvalue weighted by molar-refractivity contribution is 7.89. The van der Waals surface area contributed by atoms with Gasteiger partial charge in [-0.2, -0.15) is 0 Å². The second-order valence-corrected chi connectivity index (χ2v) is 8.38. The topological polar surface area (TPSA) is 91.4 Å². The van der Waals surface area contributed by atoms with E-state index in [1.54, 1.807) is 4.57 Å². The number of hydrogen-bond donors (Lipinski definition) is 1. The number of sulfonamides is 1. The lowest BCUT2D eigenvalue weighted by Gasteiger charge is -2.21. The summed E-state index contributed by atoms with van der Waals surface area (Å²) in [7, 11) is -3.89. The summed E-state index contributed by atoms with van der Waals surface area (Å²) in [5.74, 6) is -0.121. The van der Waals surface area contributed by atoms with Crippen LogP contribution in [0.3, 0.4) is 0 Å². The number of primary sulfonamides is 1. The largest absolute Gasteiger partial charge is 0.461 e. The van der Waals surface area contributed by atoms with Crippen molar-refractivity contribution < 1.29 is 17.9 Å².